The number of aliphatic hydroxyl groups is 2. The zero-order valence-corrected chi connectivity index (χ0v) is 11.5. The Morgan fingerprint density at radius 2 is 1.82 bits per heavy atom. The molecule has 1 atom stereocenters. The van der Waals surface area contributed by atoms with E-state index in [1.54, 1.807) is 14.2 Å². The fraction of sp³-hybridized carbons (Fsp3) is 0.500. The minimum Gasteiger partial charge on any atom is -0.493 e. The lowest BCUT2D eigenvalue weighted by atomic mass is 10.1. The molecule has 0 aliphatic rings. The minimum atomic E-state index is -0.685. The van der Waals surface area contributed by atoms with Crippen molar-refractivity contribution in [1.29, 1.82) is 0 Å². The second-order valence-corrected chi connectivity index (χ2v) is 4.53. The van der Waals surface area contributed by atoms with Crippen molar-refractivity contribution in [3.8, 4) is 11.5 Å². The quantitative estimate of drug-likeness (QED) is 0.841. The van der Waals surface area contributed by atoms with E-state index in [-0.39, 0.29) is 6.61 Å². The van der Waals surface area contributed by atoms with E-state index in [1.807, 2.05) is 12.1 Å². The van der Waals surface area contributed by atoms with E-state index in [2.05, 4.69) is 15.9 Å². The number of rotatable bonds is 6. The van der Waals surface area contributed by atoms with Crippen molar-refractivity contribution in [2.24, 2.45) is 0 Å². The number of hydrogen-bond acceptors (Lipinski definition) is 4. The molecular formula is C12H17BrO4. The Bertz CT molecular complexity index is 368. The van der Waals surface area contributed by atoms with Gasteiger partial charge in [-0.05, 0) is 30.5 Å². The van der Waals surface area contributed by atoms with E-state index in [0.29, 0.717) is 24.3 Å². The van der Waals surface area contributed by atoms with Gasteiger partial charge in [0, 0.05) is 4.47 Å². The highest BCUT2D eigenvalue weighted by atomic mass is 79.9. The topological polar surface area (TPSA) is 58.9 Å². The number of methoxy groups -OCH3 is 2. The molecule has 96 valence electrons. The molecule has 5 heteroatoms. The monoisotopic (exact) mass is 304 g/mol. The molecule has 1 unspecified atom stereocenters. The third kappa shape index (κ3) is 3.87. The van der Waals surface area contributed by atoms with Gasteiger partial charge in [0.15, 0.2) is 11.5 Å². The SMILES string of the molecule is COc1cc(Br)c(CCC(O)CO)cc1OC. The maximum atomic E-state index is 9.32. The molecule has 1 rings (SSSR count). The van der Waals surface area contributed by atoms with Gasteiger partial charge < -0.3 is 19.7 Å². The summed E-state index contributed by atoms with van der Waals surface area (Å²) in [5.74, 6) is 1.31. The predicted molar refractivity (Wildman–Crippen MR) is 68.7 cm³/mol. The number of aryl methyl sites for hydroxylation is 1. The normalized spacial score (nSPS) is 12.3. The maximum Gasteiger partial charge on any atom is 0.161 e. The third-order valence-corrected chi connectivity index (χ3v) is 3.25. The summed E-state index contributed by atoms with van der Waals surface area (Å²) in [6.45, 7) is -0.217. The Morgan fingerprint density at radius 3 is 2.35 bits per heavy atom. The van der Waals surface area contributed by atoms with Crippen LogP contribution in [0.1, 0.15) is 12.0 Å². The number of ether oxygens (including phenoxy) is 2. The highest BCUT2D eigenvalue weighted by Crippen LogP contribution is 2.33. The number of hydrogen-bond donors (Lipinski definition) is 2. The average molecular weight is 305 g/mol. The number of halogens is 1. The van der Waals surface area contributed by atoms with Gasteiger partial charge >= 0.3 is 0 Å². The van der Waals surface area contributed by atoms with Crippen LogP contribution < -0.4 is 9.47 Å². The summed E-state index contributed by atoms with van der Waals surface area (Å²) in [6, 6.07) is 3.70. The minimum absolute atomic E-state index is 0.217. The molecule has 0 aromatic heterocycles. The molecule has 0 radical (unpaired) electrons. The van der Waals surface area contributed by atoms with Crippen molar-refractivity contribution in [2.45, 2.75) is 18.9 Å². The zero-order chi connectivity index (χ0) is 12.8. The Morgan fingerprint density at radius 1 is 1.24 bits per heavy atom. The number of benzene rings is 1. The van der Waals surface area contributed by atoms with E-state index >= 15 is 0 Å². The van der Waals surface area contributed by atoms with Gasteiger partial charge in [-0.15, -0.1) is 0 Å². The molecule has 0 spiro atoms. The van der Waals surface area contributed by atoms with Gasteiger partial charge in [-0.2, -0.15) is 0 Å². The van der Waals surface area contributed by atoms with Gasteiger partial charge in [-0.25, -0.2) is 0 Å². The molecule has 0 heterocycles. The van der Waals surface area contributed by atoms with Crippen molar-refractivity contribution in [2.75, 3.05) is 20.8 Å². The smallest absolute Gasteiger partial charge is 0.161 e. The predicted octanol–water partition coefficient (Wildman–Crippen LogP) is 1.75. The van der Waals surface area contributed by atoms with E-state index in [1.165, 1.54) is 0 Å². The van der Waals surface area contributed by atoms with Crippen molar-refractivity contribution >= 4 is 15.9 Å². The summed E-state index contributed by atoms with van der Waals surface area (Å²) in [5, 5.41) is 18.1. The van der Waals surface area contributed by atoms with Crippen molar-refractivity contribution in [1.82, 2.24) is 0 Å². The molecule has 0 aliphatic carbocycles. The molecule has 1 aromatic carbocycles. The van der Waals surface area contributed by atoms with Crippen LogP contribution in [0.3, 0.4) is 0 Å². The van der Waals surface area contributed by atoms with Gasteiger partial charge in [-0.1, -0.05) is 15.9 Å². The zero-order valence-electron chi connectivity index (χ0n) is 9.94. The molecule has 4 nitrogen and oxygen atoms in total. The summed E-state index contributed by atoms with van der Waals surface area (Å²) in [4.78, 5) is 0. The lowest BCUT2D eigenvalue weighted by molar-refractivity contribution is 0.0885. The Hall–Kier alpha value is -0.780. The van der Waals surface area contributed by atoms with Crippen LogP contribution in [0.2, 0.25) is 0 Å². The summed E-state index contributed by atoms with van der Waals surface area (Å²) >= 11 is 3.44. The summed E-state index contributed by atoms with van der Waals surface area (Å²) in [5.41, 5.74) is 1.01. The van der Waals surface area contributed by atoms with Crippen LogP contribution >= 0.6 is 15.9 Å². The van der Waals surface area contributed by atoms with Gasteiger partial charge in [0.1, 0.15) is 0 Å². The first-order valence-electron chi connectivity index (χ1n) is 5.31. The molecule has 0 fully saturated rings. The number of aliphatic hydroxyl groups excluding tert-OH is 2. The van der Waals surface area contributed by atoms with Gasteiger partial charge in [-0.3, -0.25) is 0 Å². The van der Waals surface area contributed by atoms with E-state index in [4.69, 9.17) is 14.6 Å². The highest BCUT2D eigenvalue weighted by molar-refractivity contribution is 9.10. The van der Waals surface area contributed by atoms with Crippen LogP contribution in [-0.4, -0.2) is 37.1 Å². The molecule has 0 saturated heterocycles. The molecule has 0 bridgehead atoms. The first-order valence-corrected chi connectivity index (χ1v) is 6.11. The Balaban J connectivity index is 2.85. The first-order chi connectivity index (χ1) is 8.12. The van der Waals surface area contributed by atoms with Crippen LogP contribution in [-0.2, 0) is 6.42 Å². The molecule has 17 heavy (non-hydrogen) atoms. The fourth-order valence-electron chi connectivity index (χ4n) is 1.50. The second kappa shape index (κ2) is 6.83. The third-order valence-electron chi connectivity index (χ3n) is 2.51. The molecule has 0 saturated carbocycles. The van der Waals surface area contributed by atoms with Gasteiger partial charge in [0.2, 0.25) is 0 Å². The lowest BCUT2D eigenvalue weighted by Gasteiger charge is -2.13. The van der Waals surface area contributed by atoms with Crippen LogP contribution in [0.15, 0.2) is 16.6 Å². The van der Waals surface area contributed by atoms with E-state index < -0.39 is 6.10 Å². The van der Waals surface area contributed by atoms with Crippen molar-refractivity contribution in [3.05, 3.63) is 22.2 Å². The molecule has 0 amide bonds. The second-order valence-electron chi connectivity index (χ2n) is 3.67. The Labute approximate surface area is 109 Å². The largest absolute Gasteiger partial charge is 0.493 e. The van der Waals surface area contributed by atoms with E-state index in [9.17, 15) is 5.11 Å². The lowest BCUT2D eigenvalue weighted by Crippen LogP contribution is -2.12. The summed E-state index contributed by atoms with van der Waals surface area (Å²) in [6.07, 6.45) is 0.475. The van der Waals surface area contributed by atoms with Crippen LogP contribution in [0.25, 0.3) is 0 Å². The van der Waals surface area contributed by atoms with Crippen LogP contribution in [0.4, 0.5) is 0 Å². The van der Waals surface area contributed by atoms with Gasteiger partial charge in [0.25, 0.3) is 0 Å². The molecule has 1 aromatic rings. The standard InChI is InChI=1S/C12H17BrO4/c1-16-11-5-8(3-4-9(15)7-14)10(13)6-12(11)17-2/h5-6,9,14-15H,3-4,7H2,1-2H3. The molecule has 0 aliphatic heterocycles. The van der Waals surface area contributed by atoms with Crippen molar-refractivity contribution < 1.29 is 19.7 Å². The van der Waals surface area contributed by atoms with Crippen LogP contribution in [0, 0.1) is 0 Å². The molecule has 2 N–H and O–H groups in total. The van der Waals surface area contributed by atoms with E-state index in [0.717, 1.165) is 10.0 Å². The van der Waals surface area contributed by atoms with Crippen LogP contribution in [0.5, 0.6) is 11.5 Å². The average Bonchev–Trinajstić information content (AvgIpc) is 2.36. The van der Waals surface area contributed by atoms with Gasteiger partial charge in [0.05, 0.1) is 26.9 Å². The highest BCUT2D eigenvalue weighted by Gasteiger charge is 2.11. The first kappa shape index (κ1) is 14.3. The summed E-state index contributed by atoms with van der Waals surface area (Å²) in [7, 11) is 3.16. The maximum absolute atomic E-state index is 9.32. The van der Waals surface area contributed by atoms with Crippen molar-refractivity contribution in [3.63, 3.8) is 0 Å². The summed E-state index contributed by atoms with van der Waals surface area (Å²) < 4.78 is 11.3. The Kier molecular flexibility index (Phi) is 5.74. The fourth-order valence-corrected chi connectivity index (χ4v) is 2.02. The molecular weight excluding hydrogens is 288 g/mol.